The molecule has 0 spiro atoms. The van der Waals surface area contributed by atoms with Crippen LogP contribution in [0.4, 0.5) is 5.69 Å². The summed E-state index contributed by atoms with van der Waals surface area (Å²) in [6.45, 7) is 0. The van der Waals surface area contributed by atoms with Gasteiger partial charge in [0.25, 0.3) is 0 Å². The van der Waals surface area contributed by atoms with Crippen molar-refractivity contribution in [2.75, 3.05) is 5.73 Å². The van der Waals surface area contributed by atoms with Crippen LogP contribution in [0.5, 0.6) is 0 Å². The summed E-state index contributed by atoms with van der Waals surface area (Å²) in [6, 6.07) is 1.81. The number of thiophene rings is 1. The van der Waals surface area contributed by atoms with E-state index in [-0.39, 0.29) is 0 Å². The van der Waals surface area contributed by atoms with E-state index in [4.69, 9.17) is 11.1 Å². The van der Waals surface area contributed by atoms with Crippen molar-refractivity contribution in [1.29, 1.82) is 5.41 Å². The largest absolute Gasteiger partial charge is 0.397 e. The number of hydrogen-bond donors (Lipinski definition) is 2. The van der Waals surface area contributed by atoms with Crippen LogP contribution in [0.3, 0.4) is 0 Å². The quantitative estimate of drug-likeness (QED) is 0.583. The molecule has 0 saturated carbocycles. The van der Waals surface area contributed by atoms with E-state index in [0.717, 1.165) is 4.88 Å². The standard InChI is InChI=1S/C5H5IN2S/c6-5(8)4-3(7)1-2-9-4/h1-2,8H,7H2. The van der Waals surface area contributed by atoms with Crippen molar-refractivity contribution in [1.82, 2.24) is 0 Å². The molecule has 1 heterocycles. The smallest absolute Gasteiger partial charge is 0.111 e. The summed E-state index contributed by atoms with van der Waals surface area (Å²) in [6.07, 6.45) is 0. The second-order valence-electron chi connectivity index (χ2n) is 1.52. The fourth-order valence-electron chi connectivity index (χ4n) is 0.498. The Labute approximate surface area is 70.7 Å². The van der Waals surface area contributed by atoms with Crippen molar-refractivity contribution in [3.8, 4) is 0 Å². The van der Waals surface area contributed by atoms with Gasteiger partial charge in [-0.1, -0.05) is 0 Å². The zero-order valence-electron chi connectivity index (χ0n) is 4.52. The number of anilines is 1. The molecule has 4 heteroatoms. The molecule has 1 aromatic heterocycles. The Morgan fingerprint density at radius 1 is 1.78 bits per heavy atom. The lowest BCUT2D eigenvalue weighted by Gasteiger charge is -1.89. The Morgan fingerprint density at radius 2 is 2.44 bits per heavy atom. The third kappa shape index (κ3) is 1.42. The number of nitrogens with two attached hydrogens (primary N) is 1. The highest BCUT2D eigenvalue weighted by molar-refractivity contribution is 14.1. The third-order valence-corrected chi connectivity index (χ3v) is 2.75. The third-order valence-electron chi connectivity index (χ3n) is 0.895. The highest BCUT2D eigenvalue weighted by Gasteiger charge is 2.01. The van der Waals surface area contributed by atoms with Crippen LogP contribution in [0.15, 0.2) is 11.4 Å². The lowest BCUT2D eigenvalue weighted by atomic mass is 10.4. The van der Waals surface area contributed by atoms with E-state index in [9.17, 15) is 0 Å². The van der Waals surface area contributed by atoms with Crippen molar-refractivity contribution >= 4 is 43.3 Å². The van der Waals surface area contributed by atoms with Gasteiger partial charge in [-0.05, 0) is 34.0 Å². The minimum Gasteiger partial charge on any atom is -0.397 e. The lowest BCUT2D eigenvalue weighted by molar-refractivity contribution is 1.56. The Hall–Kier alpha value is -0.100. The molecule has 0 aliphatic heterocycles. The summed E-state index contributed by atoms with van der Waals surface area (Å²) in [4.78, 5) is 0.871. The Bertz CT molecular complexity index is 231. The minimum atomic E-state index is 0.514. The minimum absolute atomic E-state index is 0.514. The van der Waals surface area contributed by atoms with Crippen LogP contribution in [-0.2, 0) is 0 Å². The van der Waals surface area contributed by atoms with Gasteiger partial charge in [0.2, 0.25) is 0 Å². The predicted molar refractivity (Wildman–Crippen MR) is 49.6 cm³/mol. The molecule has 1 aromatic rings. The molecule has 0 amide bonds. The second-order valence-corrected chi connectivity index (χ2v) is 3.51. The van der Waals surface area contributed by atoms with Crippen LogP contribution in [0.1, 0.15) is 4.88 Å². The number of nitrogen functional groups attached to an aromatic ring is 1. The van der Waals surface area contributed by atoms with E-state index in [1.807, 2.05) is 34.0 Å². The molecule has 0 aliphatic carbocycles. The van der Waals surface area contributed by atoms with Gasteiger partial charge in [-0.3, -0.25) is 5.41 Å². The summed E-state index contributed by atoms with van der Waals surface area (Å²) in [5.41, 5.74) is 6.21. The number of hydrogen-bond acceptors (Lipinski definition) is 3. The van der Waals surface area contributed by atoms with Gasteiger partial charge in [0, 0.05) is 0 Å². The summed E-state index contributed by atoms with van der Waals surface area (Å²) in [7, 11) is 0. The molecule has 48 valence electrons. The predicted octanol–water partition coefficient (Wildman–Crippen LogP) is 2.09. The van der Waals surface area contributed by atoms with E-state index < -0.39 is 0 Å². The van der Waals surface area contributed by atoms with E-state index in [1.54, 1.807) is 0 Å². The number of nitrogens with one attached hydrogen (secondary N) is 1. The maximum absolute atomic E-state index is 7.21. The van der Waals surface area contributed by atoms with Crippen LogP contribution >= 0.6 is 33.9 Å². The molecular formula is C5H5IN2S. The van der Waals surface area contributed by atoms with E-state index in [1.165, 1.54) is 11.3 Å². The molecule has 0 bridgehead atoms. The van der Waals surface area contributed by atoms with Gasteiger partial charge in [-0.2, -0.15) is 0 Å². The fourth-order valence-corrected chi connectivity index (χ4v) is 1.85. The molecule has 0 atom stereocenters. The molecule has 2 nitrogen and oxygen atoms in total. The van der Waals surface area contributed by atoms with Crippen molar-refractivity contribution in [2.45, 2.75) is 0 Å². The van der Waals surface area contributed by atoms with Crippen LogP contribution in [0.25, 0.3) is 0 Å². The van der Waals surface area contributed by atoms with Crippen molar-refractivity contribution < 1.29 is 0 Å². The van der Waals surface area contributed by atoms with E-state index in [0.29, 0.717) is 9.41 Å². The number of halogens is 1. The summed E-state index contributed by atoms with van der Waals surface area (Å²) < 4.78 is 0.514. The van der Waals surface area contributed by atoms with Crippen molar-refractivity contribution in [3.05, 3.63) is 16.3 Å². The molecule has 9 heavy (non-hydrogen) atoms. The maximum atomic E-state index is 7.21. The van der Waals surface area contributed by atoms with E-state index >= 15 is 0 Å². The SMILES string of the molecule is N=C(I)c1sccc1N. The molecular weight excluding hydrogens is 247 g/mol. The van der Waals surface area contributed by atoms with Crippen LogP contribution < -0.4 is 5.73 Å². The molecule has 3 N–H and O–H groups in total. The van der Waals surface area contributed by atoms with Crippen LogP contribution in [-0.4, -0.2) is 3.72 Å². The second kappa shape index (κ2) is 2.66. The first-order valence-corrected chi connectivity index (χ1v) is 4.25. The van der Waals surface area contributed by atoms with Gasteiger partial charge >= 0.3 is 0 Å². The monoisotopic (exact) mass is 252 g/mol. The first-order valence-electron chi connectivity index (χ1n) is 2.29. The summed E-state index contributed by atoms with van der Waals surface area (Å²) >= 11 is 3.44. The topological polar surface area (TPSA) is 49.9 Å². The summed E-state index contributed by atoms with van der Waals surface area (Å²) in [5.74, 6) is 0. The first kappa shape index (κ1) is 7.01. The fraction of sp³-hybridized carbons (Fsp3) is 0. The molecule has 0 unspecified atom stereocenters. The van der Waals surface area contributed by atoms with Gasteiger partial charge in [0.15, 0.2) is 0 Å². The highest BCUT2D eigenvalue weighted by atomic mass is 127. The van der Waals surface area contributed by atoms with Crippen molar-refractivity contribution in [3.63, 3.8) is 0 Å². The molecule has 0 radical (unpaired) electrons. The summed E-state index contributed by atoms with van der Waals surface area (Å²) in [5, 5.41) is 9.10. The highest BCUT2D eigenvalue weighted by Crippen LogP contribution is 2.21. The maximum Gasteiger partial charge on any atom is 0.111 e. The molecule has 0 aromatic carbocycles. The molecule has 0 saturated heterocycles. The van der Waals surface area contributed by atoms with Gasteiger partial charge in [0.05, 0.1) is 10.6 Å². The molecule has 1 rings (SSSR count). The van der Waals surface area contributed by atoms with Gasteiger partial charge in [-0.25, -0.2) is 0 Å². The Kier molecular flexibility index (Phi) is 2.07. The lowest BCUT2D eigenvalue weighted by Crippen LogP contribution is -1.89. The van der Waals surface area contributed by atoms with E-state index in [2.05, 4.69) is 0 Å². The normalized spacial score (nSPS) is 9.44. The average Bonchev–Trinajstić information content (AvgIpc) is 2.13. The van der Waals surface area contributed by atoms with Gasteiger partial charge in [-0.15, -0.1) is 11.3 Å². The first-order chi connectivity index (χ1) is 4.22. The average molecular weight is 252 g/mol. The van der Waals surface area contributed by atoms with Crippen LogP contribution in [0, 0.1) is 5.41 Å². The Balaban J connectivity index is 3.08. The Morgan fingerprint density at radius 3 is 2.67 bits per heavy atom. The molecule has 0 aliphatic rings. The van der Waals surface area contributed by atoms with Gasteiger partial charge < -0.3 is 5.73 Å². The van der Waals surface area contributed by atoms with Crippen LogP contribution in [0.2, 0.25) is 0 Å². The zero-order chi connectivity index (χ0) is 6.85. The van der Waals surface area contributed by atoms with Crippen molar-refractivity contribution in [2.24, 2.45) is 0 Å². The number of rotatable bonds is 1. The van der Waals surface area contributed by atoms with Gasteiger partial charge in [0.1, 0.15) is 3.72 Å². The molecule has 0 fully saturated rings. The zero-order valence-corrected chi connectivity index (χ0v) is 7.49.